The molecule has 17 nitrogen and oxygen atoms in total. The molecule has 2 aliphatic rings. The number of aromatic nitrogens is 2. The van der Waals surface area contributed by atoms with Gasteiger partial charge in [-0.1, -0.05) is 60.7 Å². The molecular formula is C46H49ClN6O11S2. The number of ether oxygens (including phenoxy) is 4. The Morgan fingerprint density at radius 1 is 0.682 bits per heavy atom. The average Bonchev–Trinajstić information content (AvgIpc) is 4.27. The zero-order valence-electron chi connectivity index (χ0n) is 35.9. The third-order valence-corrected chi connectivity index (χ3v) is 12.4. The van der Waals surface area contributed by atoms with Crippen molar-refractivity contribution in [1.82, 2.24) is 25.9 Å². The van der Waals surface area contributed by atoms with Gasteiger partial charge in [0.1, 0.15) is 30.2 Å². The van der Waals surface area contributed by atoms with Crippen LogP contribution in [-0.2, 0) is 41.8 Å². The number of fused-ring (bicyclic) bond motifs is 2. The summed E-state index contributed by atoms with van der Waals surface area (Å²) in [5.41, 5.74) is 11.1. The lowest BCUT2D eigenvalue weighted by atomic mass is 10.1. The lowest BCUT2D eigenvalue weighted by molar-refractivity contribution is -0.143. The highest BCUT2D eigenvalue weighted by atomic mass is 35.5. The minimum atomic E-state index is -1.08. The van der Waals surface area contributed by atoms with Crippen LogP contribution in [0, 0.1) is 0 Å². The maximum Gasteiger partial charge on any atom is 0.408 e. The summed E-state index contributed by atoms with van der Waals surface area (Å²) in [7, 11) is 2.44. The topological polar surface area (TPSA) is 247 Å². The van der Waals surface area contributed by atoms with Crippen LogP contribution in [0.5, 0.6) is 0 Å². The zero-order chi connectivity index (χ0) is 46.3. The van der Waals surface area contributed by atoms with Crippen LogP contribution in [0.25, 0.3) is 20.4 Å². The van der Waals surface area contributed by atoms with Gasteiger partial charge in [-0.3, -0.25) is 14.8 Å². The standard InChI is InChI=1S/C23H23N3O5S.C12H16N2O4.C11H9NO2S.ClH/c1-30-22(28)18(26-23(29)31-13-14-5-3-2-4-6-14)12-25-21(27)19-11-17-20(32-19)16(9-10-24-17)15-7-8-15;1-17-11(15)10(7-13)14-12(16)18-8-9-5-3-2-4-6-9;13-11(14)9-5-8-10(15-9)7(3-4-12-8)6-1-2-6;/h2-6,9-11,15,18H,7-8,12-13H2,1H3,(H,25,27)(H,26,29);2-6,10H,7-8,13H2,1H3,(H,14,16);3-6H,1-2H2,(H,13,14);1H/t18-;10-;;/m11../s1. The van der Waals surface area contributed by atoms with Gasteiger partial charge in [-0.2, -0.15) is 0 Å². The second-order valence-corrected chi connectivity index (χ2v) is 16.9. The fraction of sp³-hybridized carbons (Fsp3) is 0.304. The Bertz CT molecular complexity index is 2610. The third-order valence-electron chi connectivity index (χ3n) is 10.0. The second-order valence-electron chi connectivity index (χ2n) is 14.8. The van der Waals surface area contributed by atoms with Crippen LogP contribution in [0.3, 0.4) is 0 Å². The normalized spacial score (nSPS) is 13.4. The Hall–Kier alpha value is -6.67. The molecule has 0 saturated heterocycles. The van der Waals surface area contributed by atoms with Crippen molar-refractivity contribution in [3.8, 4) is 0 Å². The van der Waals surface area contributed by atoms with E-state index >= 15 is 0 Å². The minimum absolute atomic E-state index is 0. The highest BCUT2D eigenvalue weighted by molar-refractivity contribution is 7.21. The molecule has 0 bridgehead atoms. The van der Waals surface area contributed by atoms with E-state index in [0.717, 1.165) is 44.4 Å². The van der Waals surface area contributed by atoms with E-state index in [1.807, 2.05) is 72.8 Å². The minimum Gasteiger partial charge on any atom is -0.477 e. The number of pyridine rings is 2. The quantitative estimate of drug-likeness (QED) is 0.0510. The number of carboxylic acids is 1. The maximum atomic E-state index is 12.7. The molecule has 348 valence electrons. The van der Waals surface area contributed by atoms with Crippen molar-refractivity contribution >= 4 is 91.5 Å². The predicted molar refractivity (Wildman–Crippen MR) is 250 cm³/mol. The van der Waals surface area contributed by atoms with E-state index in [4.69, 9.17) is 25.1 Å². The molecule has 2 aromatic carbocycles. The molecule has 2 fully saturated rings. The summed E-state index contributed by atoms with van der Waals surface area (Å²) in [6.45, 7) is 0.00633. The Morgan fingerprint density at radius 3 is 1.56 bits per heavy atom. The van der Waals surface area contributed by atoms with Crippen molar-refractivity contribution in [3.63, 3.8) is 0 Å². The number of carboxylic acid groups (broad SMARTS) is 1. The molecule has 0 aliphatic heterocycles. The Labute approximate surface area is 393 Å². The first-order valence-electron chi connectivity index (χ1n) is 20.6. The molecule has 66 heavy (non-hydrogen) atoms. The van der Waals surface area contributed by atoms with Crippen LogP contribution in [0.2, 0.25) is 0 Å². The number of nitrogens with zero attached hydrogens (tertiary/aromatic N) is 2. The van der Waals surface area contributed by atoms with E-state index in [1.165, 1.54) is 60.9 Å². The molecule has 0 unspecified atom stereocenters. The summed E-state index contributed by atoms with van der Waals surface area (Å²) in [4.78, 5) is 79.8. The lowest BCUT2D eigenvalue weighted by Crippen LogP contribution is -2.49. The van der Waals surface area contributed by atoms with Gasteiger partial charge in [-0.25, -0.2) is 24.0 Å². The molecular weight excluding hydrogens is 912 g/mol. The molecule has 2 aliphatic carbocycles. The summed E-state index contributed by atoms with van der Waals surface area (Å²) in [6, 6.07) is 23.8. The highest BCUT2D eigenvalue weighted by Crippen LogP contribution is 2.45. The first-order valence-corrected chi connectivity index (χ1v) is 22.2. The van der Waals surface area contributed by atoms with Gasteiger partial charge in [0.15, 0.2) is 0 Å². The van der Waals surface area contributed by atoms with Gasteiger partial charge >= 0.3 is 30.1 Å². The summed E-state index contributed by atoms with van der Waals surface area (Å²) < 4.78 is 21.4. The van der Waals surface area contributed by atoms with Gasteiger partial charge < -0.3 is 45.7 Å². The van der Waals surface area contributed by atoms with Crippen molar-refractivity contribution in [2.24, 2.45) is 5.73 Å². The van der Waals surface area contributed by atoms with Crippen LogP contribution >= 0.6 is 35.1 Å². The number of nitrogens with two attached hydrogens (primary N) is 1. The van der Waals surface area contributed by atoms with Crippen molar-refractivity contribution < 1.29 is 52.8 Å². The number of esters is 2. The number of hydrogen-bond acceptors (Lipinski definition) is 15. The first-order chi connectivity index (χ1) is 31.5. The van der Waals surface area contributed by atoms with Gasteiger partial charge in [0.05, 0.1) is 39.5 Å². The SMILES string of the molecule is COC(=O)[C@@H](CN)NC(=O)OCc1ccccc1.COC(=O)[C@@H](CNC(=O)c1cc2nccc(C3CC3)c2s1)NC(=O)OCc1ccccc1.Cl.O=C(O)c1cc2nccc(C3CC3)c2s1. The Balaban J connectivity index is 0.000000203. The number of halogens is 1. The number of aromatic carboxylic acids is 1. The number of thiophene rings is 2. The van der Waals surface area contributed by atoms with Crippen LogP contribution in [-0.4, -0.2) is 90.5 Å². The van der Waals surface area contributed by atoms with Crippen LogP contribution < -0.4 is 21.7 Å². The van der Waals surface area contributed by atoms with Crippen LogP contribution in [0.15, 0.2) is 97.3 Å². The van der Waals surface area contributed by atoms with Crippen LogP contribution in [0.1, 0.15) is 79.1 Å². The number of alkyl carbamates (subject to hydrolysis) is 2. The van der Waals surface area contributed by atoms with Gasteiger partial charge in [-0.05, 0) is 84.0 Å². The Morgan fingerprint density at radius 2 is 1.12 bits per heavy atom. The largest absolute Gasteiger partial charge is 0.477 e. The summed E-state index contributed by atoms with van der Waals surface area (Å²) >= 11 is 2.72. The average molecular weight is 962 g/mol. The Kier molecular flexibility index (Phi) is 18.7. The van der Waals surface area contributed by atoms with E-state index in [-0.39, 0.29) is 44.6 Å². The molecule has 4 aromatic heterocycles. The second kappa shape index (κ2) is 24.6. The number of carbonyl (C=O) groups is 6. The van der Waals surface area contributed by atoms with E-state index < -0.39 is 42.2 Å². The van der Waals surface area contributed by atoms with Crippen molar-refractivity contribution in [2.45, 2.75) is 62.8 Å². The number of rotatable bonds is 15. The highest BCUT2D eigenvalue weighted by Gasteiger charge is 2.29. The maximum absolute atomic E-state index is 12.7. The van der Waals surface area contributed by atoms with Crippen molar-refractivity contribution in [1.29, 1.82) is 0 Å². The van der Waals surface area contributed by atoms with E-state index in [2.05, 4.69) is 30.7 Å². The van der Waals surface area contributed by atoms with E-state index in [9.17, 15) is 28.8 Å². The number of nitrogens with one attached hydrogen (secondary N) is 3. The molecule has 2 saturated carbocycles. The van der Waals surface area contributed by atoms with E-state index in [1.54, 1.807) is 24.5 Å². The molecule has 6 aromatic rings. The van der Waals surface area contributed by atoms with Gasteiger partial charge in [0.25, 0.3) is 5.91 Å². The zero-order valence-corrected chi connectivity index (χ0v) is 38.4. The molecule has 20 heteroatoms. The van der Waals surface area contributed by atoms with Gasteiger partial charge in [-0.15, -0.1) is 35.1 Å². The summed E-state index contributed by atoms with van der Waals surface area (Å²) in [6.07, 6.45) is 6.81. The van der Waals surface area contributed by atoms with Crippen molar-refractivity contribution in [3.05, 3.63) is 129 Å². The van der Waals surface area contributed by atoms with Crippen LogP contribution in [0.4, 0.5) is 9.59 Å². The monoisotopic (exact) mass is 960 g/mol. The predicted octanol–water partition coefficient (Wildman–Crippen LogP) is 7.08. The fourth-order valence-electron chi connectivity index (χ4n) is 6.35. The number of benzene rings is 2. The van der Waals surface area contributed by atoms with Gasteiger partial charge in [0, 0.05) is 25.5 Å². The summed E-state index contributed by atoms with van der Waals surface area (Å²) in [5.74, 6) is -1.31. The molecule has 6 N–H and O–H groups in total. The number of hydrogen-bond donors (Lipinski definition) is 5. The number of amides is 3. The van der Waals surface area contributed by atoms with Crippen molar-refractivity contribution in [2.75, 3.05) is 27.3 Å². The molecule has 0 spiro atoms. The number of methoxy groups -OCH3 is 2. The molecule has 2 atom stereocenters. The fourth-order valence-corrected chi connectivity index (χ4v) is 8.52. The van der Waals surface area contributed by atoms with E-state index in [0.29, 0.717) is 21.6 Å². The molecule has 3 amide bonds. The lowest BCUT2D eigenvalue weighted by Gasteiger charge is -2.17. The molecule has 4 heterocycles. The summed E-state index contributed by atoms with van der Waals surface area (Å²) in [5, 5.41) is 16.4. The number of carbonyl (C=O) groups excluding carboxylic acids is 5. The molecule has 8 rings (SSSR count). The first kappa shape index (κ1) is 50.3. The smallest absolute Gasteiger partial charge is 0.408 e. The third kappa shape index (κ3) is 14.4. The molecule has 0 radical (unpaired) electrons. The van der Waals surface area contributed by atoms with Gasteiger partial charge in [0.2, 0.25) is 0 Å².